The highest BCUT2D eigenvalue weighted by molar-refractivity contribution is 6.25. The Labute approximate surface area is 111 Å². The van der Waals surface area contributed by atoms with Crippen molar-refractivity contribution in [1.29, 1.82) is 0 Å². The summed E-state index contributed by atoms with van der Waals surface area (Å²) < 4.78 is 5.48. The third-order valence-electron chi connectivity index (χ3n) is 2.24. The van der Waals surface area contributed by atoms with E-state index in [2.05, 4.69) is 5.32 Å². The van der Waals surface area contributed by atoms with Crippen molar-refractivity contribution in [3.63, 3.8) is 0 Å². The van der Waals surface area contributed by atoms with Crippen LogP contribution in [0.1, 0.15) is 12.5 Å². The molecule has 18 heavy (non-hydrogen) atoms. The Morgan fingerprint density at radius 3 is 2.94 bits per heavy atom. The highest BCUT2D eigenvalue weighted by Gasteiger charge is 2.11. The Balaban J connectivity index is 2.89. The number of halogens is 1. The summed E-state index contributed by atoms with van der Waals surface area (Å²) in [6.45, 7) is 3.61. The van der Waals surface area contributed by atoms with Crippen LogP contribution in [0.3, 0.4) is 0 Å². The van der Waals surface area contributed by atoms with Gasteiger partial charge in [-0.2, -0.15) is 0 Å². The highest BCUT2D eigenvalue weighted by atomic mass is 35.5. The molecule has 0 fully saturated rings. The van der Waals surface area contributed by atoms with E-state index in [-0.39, 0.29) is 5.69 Å². The zero-order chi connectivity index (χ0) is 13.4. The molecule has 1 N–H and O–H groups in total. The van der Waals surface area contributed by atoms with Crippen molar-refractivity contribution in [2.75, 3.05) is 13.2 Å². The Bertz CT molecular complexity index is 435. The molecule has 0 aliphatic heterocycles. The van der Waals surface area contributed by atoms with Crippen LogP contribution in [0.5, 0.6) is 5.75 Å². The van der Waals surface area contributed by atoms with Crippen LogP contribution in [0.25, 0.3) is 0 Å². The Hall–Kier alpha value is -1.59. The van der Waals surface area contributed by atoms with Crippen LogP contribution in [-0.4, -0.2) is 18.1 Å². The van der Waals surface area contributed by atoms with Crippen LogP contribution >= 0.6 is 11.6 Å². The first kappa shape index (κ1) is 14.5. The maximum Gasteiger partial charge on any atom is 0.270 e. The number of nitrogens with one attached hydrogen (secondary N) is 1. The molecule has 0 heterocycles. The number of nitrogens with zero attached hydrogens (tertiary/aromatic N) is 1. The molecule has 0 radical (unpaired) electrons. The Morgan fingerprint density at radius 1 is 1.56 bits per heavy atom. The molecular formula is C12H15ClN2O3. The molecule has 0 saturated carbocycles. The number of nitro groups is 1. The van der Waals surface area contributed by atoms with Gasteiger partial charge in [-0.15, -0.1) is 0 Å². The van der Waals surface area contributed by atoms with Crippen LogP contribution in [-0.2, 0) is 6.54 Å². The molecule has 0 amide bonds. The first-order valence-electron chi connectivity index (χ1n) is 5.55. The molecular weight excluding hydrogens is 256 g/mol. The number of hydrogen-bond donors (Lipinski definition) is 1. The third kappa shape index (κ3) is 4.35. The van der Waals surface area contributed by atoms with E-state index in [0.29, 0.717) is 18.9 Å². The standard InChI is InChI=1S/C12H15ClN2O3/c1-2-14-9-10-8-11(15(16)17)4-5-12(10)18-7-3-6-13/h3-6,8,14H,2,7,9H2,1H3/b6-3+. The average molecular weight is 271 g/mol. The average Bonchev–Trinajstić information content (AvgIpc) is 2.37. The van der Waals surface area contributed by atoms with Gasteiger partial charge in [-0.1, -0.05) is 18.5 Å². The molecule has 1 aromatic rings. The fourth-order valence-electron chi connectivity index (χ4n) is 1.39. The number of non-ortho nitro benzene ring substituents is 1. The summed E-state index contributed by atoms with van der Waals surface area (Å²) in [7, 11) is 0. The summed E-state index contributed by atoms with van der Waals surface area (Å²) in [5.41, 5.74) is 2.19. The van der Waals surface area contributed by atoms with Gasteiger partial charge in [0.2, 0.25) is 0 Å². The van der Waals surface area contributed by atoms with Gasteiger partial charge < -0.3 is 10.1 Å². The lowest BCUT2D eigenvalue weighted by Gasteiger charge is -2.10. The lowest BCUT2D eigenvalue weighted by molar-refractivity contribution is -0.384. The number of ether oxygens (including phenoxy) is 1. The van der Waals surface area contributed by atoms with Crippen LogP contribution in [0.2, 0.25) is 0 Å². The molecule has 5 nitrogen and oxygen atoms in total. The summed E-state index contributed by atoms with van der Waals surface area (Å²) in [5, 5.41) is 13.8. The minimum atomic E-state index is -0.419. The van der Waals surface area contributed by atoms with E-state index in [1.807, 2.05) is 6.92 Å². The summed E-state index contributed by atoms with van der Waals surface area (Å²) in [6.07, 6.45) is 1.65. The molecule has 98 valence electrons. The molecule has 0 bridgehead atoms. The topological polar surface area (TPSA) is 64.4 Å². The number of benzene rings is 1. The van der Waals surface area contributed by atoms with Gasteiger partial charge in [-0.25, -0.2) is 0 Å². The van der Waals surface area contributed by atoms with Crippen molar-refractivity contribution in [2.24, 2.45) is 0 Å². The van der Waals surface area contributed by atoms with E-state index in [1.165, 1.54) is 17.7 Å². The lowest BCUT2D eigenvalue weighted by atomic mass is 10.1. The van der Waals surface area contributed by atoms with Gasteiger partial charge in [-0.3, -0.25) is 10.1 Å². The minimum Gasteiger partial charge on any atom is -0.489 e. The SMILES string of the molecule is CCNCc1cc([N+](=O)[O-])ccc1OC/C=C/Cl. The number of hydrogen-bond acceptors (Lipinski definition) is 4. The van der Waals surface area contributed by atoms with Crippen molar-refractivity contribution in [3.05, 3.63) is 45.5 Å². The molecule has 0 atom stereocenters. The first-order valence-corrected chi connectivity index (χ1v) is 5.98. The normalized spacial score (nSPS) is 10.8. The van der Waals surface area contributed by atoms with Crippen molar-refractivity contribution in [1.82, 2.24) is 5.32 Å². The fourth-order valence-corrected chi connectivity index (χ4v) is 1.47. The van der Waals surface area contributed by atoms with E-state index >= 15 is 0 Å². The maximum atomic E-state index is 10.7. The van der Waals surface area contributed by atoms with E-state index in [9.17, 15) is 10.1 Å². The summed E-state index contributed by atoms with van der Waals surface area (Å²) in [5.74, 6) is 0.622. The largest absolute Gasteiger partial charge is 0.489 e. The Kier molecular flexibility index (Phi) is 6.18. The van der Waals surface area contributed by atoms with Gasteiger partial charge >= 0.3 is 0 Å². The van der Waals surface area contributed by atoms with E-state index in [4.69, 9.17) is 16.3 Å². The zero-order valence-electron chi connectivity index (χ0n) is 10.1. The van der Waals surface area contributed by atoms with Gasteiger partial charge in [0.05, 0.1) is 4.92 Å². The predicted octanol–water partition coefficient (Wildman–Crippen LogP) is 2.84. The van der Waals surface area contributed by atoms with Crippen molar-refractivity contribution >= 4 is 17.3 Å². The molecule has 0 unspecified atom stereocenters. The second kappa shape index (κ2) is 7.68. The molecule has 6 heteroatoms. The zero-order valence-corrected chi connectivity index (χ0v) is 10.8. The van der Waals surface area contributed by atoms with Gasteiger partial charge in [-0.05, 0) is 18.7 Å². The third-order valence-corrected chi connectivity index (χ3v) is 2.42. The van der Waals surface area contributed by atoms with Crippen LogP contribution in [0.4, 0.5) is 5.69 Å². The van der Waals surface area contributed by atoms with Crippen LogP contribution in [0.15, 0.2) is 29.8 Å². The molecule has 0 saturated heterocycles. The number of nitro benzene ring substituents is 1. The molecule has 1 aromatic carbocycles. The van der Waals surface area contributed by atoms with Gasteiger partial charge in [0.25, 0.3) is 5.69 Å². The summed E-state index contributed by atoms with van der Waals surface area (Å²) in [4.78, 5) is 10.3. The highest BCUT2D eigenvalue weighted by Crippen LogP contribution is 2.24. The smallest absolute Gasteiger partial charge is 0.270 e. The van der Waals surface area contributed by atoms with Crippen LogP contribution < -0.4 is 10.1 Å². The molecule has 0 aliphatic rings. The molecule has 0 aliphatic carbocycles. The lowest BCUT2D eigenvalue weighted by Crippen LogP contribution is -2.13. The first-order chi connectivity index (χ1) is 8.69. The second-order valence-corrected chi connectivity index (χ2v) is 3.75. The van der Waals surface area contributed by atoms with Crippen molar-refractivity contribution < 1.29 is 9.66 Å². The fraction of sp³-hybridized carbons (Fsp3) is 0.333. The Morgan fingerprint density at radius 2 is 2.33 bits per heavy atom. The summed E-state index contributed by atoms with van der Waals surface area (Å²) >= 11 is 5.40. The number of rotatable bonds is 7. The summed E-state index contributed by atoms with van der Waals surface area (Å²) in [6, 6.07) is 4.55. The van der Waals surface area contributed by atoms with Gasteiger partial charge in [0.1, 0.15) is 12.4 Å². The minimum absolute atomic E-state index is 0.0585. The van der Waals surface area contributed by atoms with Crippen molar-refractivity contribution in [3.8, 4) is 5.75 Å². The quantitative estimate of drug-likeness (QED) is 0.611. The predicted molar refractivity (Wildman–Crippen MR) is 71.0 cm³/mol. The van der Waals surface area contributed by atoms with Gasteiger partial charge in [0, 0.05) is 29.8 Å². The molecule has 0 spiro atoms. The second-order valence-electron chi connectivity index (χ2n) is 3.50. The van der Waals surface area contributed by atoms with Crippen LogP contribution in [0, 0.1) is 10.1 Å². The van der Waals surface area contributed by atoms with E-state index in [1.54, 1.807) is 12.1 Å². The maximum absolute atomic E-state index is 10.7. The monoisotopic (exact) mass is 270 g/mol. The van der Waals surface area contributed by atoms with E-state index in [0.717, 1.165) is 12.1 Å². The van der Waals surface area contributed by atoms with Gasteiger partial charge in [0.15, 0.2) is 0 Å². The molecule has 0 aromatic heterocycles. The van der Waals surface area contributed by atoms with E-state index < -0.39 is 4.92 Å². The molecule has 1 rings (SSSR count). The van der Waals surface area contributed by atoms with Crippen molar-refractivity contribution in [2.45, 2.75) is 13.5 Å².